The normalized spacial score (nSPS) is 9.94. The molecule has 2 rings (SSSR count). The van der Waals surface area contributed by atoms with Crippen molar-refractivity contribution in [3.8, 4) is 0 Å². The Labute approximate surface area is 99.0 Å². The van der Waals surface area contributed by atoms with Crippen LogP contribution in [-0.4, -0.2) is 15.6 Å². The maximum absolute atomic E-state index is 11.4. The molecule has 0 spiro atoms. The third-order valence-corrected chi connectivity index (χ3v) is 2.25. The monoisotopic (exact) mass is 231 g/mol. The van der Waals surface area contributed by atoms with E-state index >= 15 is 0 Å². The van der Waals surface area contributed by atoms with Gasteiger partial charge in [0.25, 0.3) is 0 Å². The van der Waals surface area contributed by atoms with E-state index in [0.717, 1.165) is 5.56 Å². The lowest BCUT2D eigenvalue weighted by molar-refractivity contribution is 0.155. The van der Waals surface area contributed by atoms with Gasteiger partial charge < -0.3 is 9.30 Å². The van der Waals surface area contributed by atoms with Gasteiger partial charge >= 0.3 is 6.09 Å². The van der Waals surface area contributed by atoms with Crippen molar-refractivity contribution in [2.75, 3.05) is 5.32 Å². The average molecular weight is 231 g/mol. The average Bonchev–Trinajstić information content (AvgIpc) is 2.74. The molecule has 0 aliphatic heterocycles. The fraction of sp³-hybridized carbons (Fsp3) is 0.167. The largest absolute Gasteiger partial charge is 0.444 e. The van der Waals surface area contributed by atoms with Crippen LogP contribution in [0.2, 0.25) is 0 Å². The van der Waals surface area contributed by atoms with Gasteiger partial charge in [0.2, 0.25) is 5.95 Å². The van der Waals surface area contributed by atoms with E-state index < -0.39 is 6.09 Å². The van der Waals surface area contributed by atoms with Crippen molar-refractivity contribution >= 4 is 12.0 Å². The van der Waals surface area contributed by atoms with Crippen LogP contribution >= 0.6 is 0 Å². The molecule has 5 nitrogen and oxygen atoms in total. The van der Waals surface area contributed by atoms with Crippen molar-refractivity contribution < 1.29 is 9.53 Å². The molecule has 1 heterocycles. The predicted octanol–water partition coefficient (Wildman–Crippen LogP) is 2.17. The zero-order valence-corrected chi connectivity index (χ0v) is 9.46. The van der Waals surface area contributed by atoms with Gasteiger partial charge in [-0.15, -0.1) is 0 Å². The number of hydrogen-bond acceptors (Lipinski definition) is 3. The lowest BCUT2D eigenvalue weighted by Crippen LogP contribution is -2.16. The zero-order chi connectivity index (χ0) is 12.1. The number of anilines is 1. The third-order valence-electron chi connectivity index (χ3n) is 2.25. The number of aryl methyl sites for hydroxylation is 1. The zero-order valence-electron chi connectivity index (χ0n) is 9.46. The van der Waals surface area contributed by atoms with Gasteiger partial charge in [0.1, 0.15) is 6.61 Å². The smallest absolute Gasteiger partial charge is 0.414 e. The molecule has 17 heavy (non-hydrogen) atoms. The van der Waals surface area contributed by atoms with E-state index in [1.807, 2.05) is 30.3 Å². The lowest BCUT2D eigenvalue weighted by atomic mass is 10.2. The maximum Gasteiger partial charge on any atom is 0.414 e. The van der Waals surface area contributed by atoms with E-state index in [2.05, 4.69) is 10.3 Å². The highest BCUT2D eigenvalue weighted by atomic mass is 16.5. The van der Waals surface area contributed by atoms with Crippen molar-refractivity contribution in [3.05, 3.63) is 48.3 Å². The second-order valence-electron chi connectivity index (χ2n) is 3.55. The second kappa shape index (κ2) is 5.16. The standard InChI is InChI=1S/C12H13N3O2/c1-15-8-7-13-11(15)14-12(16)17-9-10-5-3-2-4-6-10/h2-8H,9H2,1H3,(H,13,14,16). The van der Waals surface area contributed by atoms with E-state index in [-0.39, 0.29) is 6.61 Å². The van der Waals surface area contributed by atoms with E-state index in [0.29, 0.717) is 5.95 Å². The van der Waals surface area contributed by atoms with E-state index in [1.54, 1.807) is 24.0 Å². The minimum absolute atomic E-state index is 0.247. The van der Waals surface area contributed by atoms with Crippen LogP contribution in [0.25, 0.3) is 0 Å². The molecule has 0 aliphatic carbocycles. The Hall–Kier alpha value is -2.30. The molecule has 5 heteroatoms. The molecule has 0 atom stereocenters. The van der Waals surface area contributed by atoms with Gasteiger partial charge in [-0.3, -0.25) is 5.32 Å². The summed E-state index contributed by atoms with van der Waals surface area (Å²) in [5.41, 5.74) is 0.947. The Kier molecular flexibility index (Phi) is 3.40. The number of rotatable bonds is 3. The maximum atomic E-state index is 11.4. The minimum atomic E-state index is -0.511. The number of hydrogen-bond donors (Lipinski definition) is 1. The number of nitrogens with one attached hydrogen (secondary N) is 1. The topological polar surface area (TPSA) is 56.2 Å². The second-order valence-corrected chi connectivity index (χ2v) is 3.55. The predicted molar refractivity (Wildman–Crippen MR) is 63.5 cm³/mol. The molecule has 0 fully saturated rings. The third kappa shape index (κ3) is 3.07. The molecule has 1 aromatic heterocycles. The van der Waals surface area contributed by atoms with Crippen LogP contribution in [0.3, 0.4) is 0 Å². The number of carbonyl (C=O) groups is 1. The van der Waals surface area contributed by atoms with Gasteiger partial charge in [0, 0.05) is 19.4 Å². The fourth-order valence-electron chi connectivity index (χ4n) is 1.34. The van der Waals surface area contributed by atoms with Gasteiger partial charge in [-0.1, -0.05) is 30.3 Å². The summed E-state index contributed by atoms with van der Waals surface area (Å²) in [4.78, 5) is 15.4. The summed E-state index contributed by atoms with van der Waals surface area (Å²) < 4.78 is 6.75. The van der Waals surface area contributed by atoms with Crippen LogP contribution < -0.4 is 5.32 Å². The Bertz CT molecular complexity index is 493. The van der Waals surface area contributed by atoms with Gasteiger partial charge in [0.15, 0.2) is 0 Å². The summed E-state index contributed by atoms with van der Waals surface area (Å²) in [6.07, 6.45) is 2.84. The molecular formula is C12H13N3O2. The van der Waals surface area contributed by atoms with Gasteiger partial charge in [-0.05, 0) is 5.56 Å². The number of ether oxygens (including phenoxy) is 1. The van der Waals surface area contributed by atoms with E-state index in [4.69, 9.17) is 4.74 Å². The fourth-order valence-corrected chi connectivity index (χ4v) is 1.34. The molecule has 0 unspecified atom stereocenters. The Morgan fingerprint density at radius 3 is 2.82 bits per heavy atom. The molecule has 0 radical (unpaired) electrons. The summed E-state index contributed by atoms with van der Waals surface area (Å²) >= 11 is 0. The highest BCUT2D eigenvalue weighted by molar-refractivity contribution is 5.82. The van der Waals surface area contributed by atoms with Crippen LogP contribution in [0, 0.1) is 0 Å². The molecule has 1 amide bonds. The first kappa shape index (κ1) is 11.2. The quantitative estimate of drug-likeness (QED) is 0.880. The molecule has 0 saturated carbocycles. The molecule has 0 bridgehead atoms. The van der Waals surface area contributed by atoms with Crippen molar-refractivity contribution in [2.24, 2.45) is 7.05 Å². The minimum Gasteiger partial charge on any atom is -0.444 e. The highest BCUT2D eigenvalue weighted by Crippen LogP contribution is 2.04. The van der Waals surface area contributed by atoms with Gasteiger partial charge in [0.05, 0.1) is 0 Å². The number of nitrogens with zero attached hydrogens (tertiary/aromatic N) is 2. The molecule has 0 aliphatic rings. The Balaban J connectivity index is 1.85. The van der Waals surface area contributed by atoms with Crippen molar-refractivity contribution in [2.45, 2.75) is 6.61 Å². The van der Waals surface area contributed by atoms with E-state index in [1.165, 1.54) is 0 Å². The van der Waals surface area contributed by atoms with Crippen LogP contribution in [-0.2, 0) is 18.4 Å². The van der Waals surface area contributed by atoms with Crippen molar-refractivity contribution in [1.82, 2.24) is 9.55 Å². The molecule has 88 valence electrons. The van der Waals surface area contributed by atoms with Crippen LogP contribution in [0.5, 0.6) is 0 Å². The highest BCUT2D eigenvalue weighted by Gasteiger charge is 2.06. The van der Waals surface area contributed by atoms with Crippen LogP contribution in [0.15, 0.2) is 42.7 Å². The van der Waals surface area contributed by atoms with Crippen LogP contribution in [0.1, 0.15) is 5.56 Å². The first-order valence-electron chi connectivity index (χ1n) is 5.21. The SMILES string of the molecule is Cn1ccnc1NC(=O)OCc1ccccc1. The molecule has 2 aromatic rings. The number of amides is 1. The Morgan fingerprint density at radius 1 is 1.41 bits per heavy atom. The summed E-state index contributed by atoms with van der Waals surface area (Å²) in [5.74, 6) is 0.461. The molecule has 1 aromatic carbocycles. The number of benzene rings is 1. The Morgan fingerprint density at radius 2 is 2.18 bits per heavy atom. The molecule has 1 N–H and O–H groups in total. The number of aromatic nitrogens is 2. The van der Waals surface area contributed by atoms with Gasteiger partial charge in [-0.2, -0.15) is 0 Å². The summed E-state index contributed by atoms with van der Waals surface area (Å²) in [6.45, 7) is 0.247. The molecular weight excluding hydrogens is 218 g/mol. The van der Waals surface area contributed by atoms with Crippen molar-refractivity contribution in [3.63, 3.8) is 0 Å². The summed E-state index contributed by atoms with van der Waals surface area (Å²) in [7, 11) is 1.79. The number of carbonyl (C=O) groups excluding carboxylic acids is 1. The lowest BCUT2D eigenvalue weighted by Gasteiger charge is -2.06. The first-order chi connectivity index (χ1) is 8.25. The summed E-state index contributed by atoms with van der Waals surface area (Å²) in [6, 6.07) is 9.50. The van der Waals surface area contributed by atoms with Crippen molar-refractivity contribution in [1.29, 1.82) is 0 Å². The number of imidazole rings is 1. The van der Waals surface area contributed by atoms with Crippen LogP contribution in [0.4, 0.5) is 10.7 Å². The first-order valence-corrected chi connectivity index (χ1v) is 5.21. The molecule has 0 saturated heterocycles. The van der Waals surface area contributed by atoms with E-state index in [9.17, 15) is 4.79 Å². The summed E-state index contributed by atoms with van der Waals surface area (Å²) in [5, 5.41) is 2.55. The van der Waals surface area contributed by atoms with Gasteiger partial charge in [-0.25, -0.2) is 9.78 Å².